The Labute approximate surface area is 114 Å². The molecule has 2 N–H and O–H groups in total. The van der Waals surface area contributed by atoms with Gasteiger partial charge in [0.05, 0.1) is 12.8 Å². The molecule has 19 heavy (non-hydrogen) atoms. The molecule has 2 rings (SSSR count). The molecular weight excluding hydrogens is 238 g/mol. The van der Waals surface area contributed by atoms with Crippen molar-refractivity contribution in [1.82, 2.24) is 9.55 Å². The van der Waals surface area contributed by atoms with Crippen LogP contribution in [0.1, 0.15) is 18.3 Å². The van der Waals surface area contributed by atoms with E-state index in [1.807, 2.05) is 19.2 Å². The van der Waals surface area contributed by atoms with E-state index in [4.69, 9.17) is 10.5 Å². The summed E-state index contributed by atoms with van der Waals surface area (Å²) < 4.78 is 7.51. The zero-order valence-electron chi connectivity index (χ0n) is 11.8. The monoisotopic (exact) mass is 259 g/mol. The molecule has 0 bridgehead atoms. The van der Waals surface area contributed by atoms with Crippen LogP contribution in [0.5, 0.6) is 5.75 Å². The van der Waals surface area contributed by atoms with Crippen LogP contribution < -0.4 is 10.5 Å². The summed E-state index contributed by atoms with van der Waals surface area (Å²) in [5.74, 6) is 1.83. The first-order chi connectivity index (χ1) is 9.19. The SMILES string of the molecule is CCc1ccc(OC)c(-c2cn(CCN)c(C)n2)c1. The quantitative estimate of drug-likeness (QED) is 0.897. The van der Waals surface area contributed by atoms with Gasteiger partial charge in [0, 0.05) is 24.8 Å². The summed E-state index contributed by atoms with van der Waals surface area (Å²) in [6.45, 7) is 5.54. The van der Waals surface area contributed by atoms with Gasteiger partial charge in [-0.2, -0.15) is 0 Å². The number of ether oxygens (including phenoxy) is 1. The van der Waals surface area contributed by atoms with Gasteiger partial charge in [0.2, 0.25) is 0 Å². The Kier molecular flexibility index (Phi) is 4.22. The average molecular weight is 259 g/mol. The number of imidazole rings is 1. The first-order valence-electron chi connectivity index (χ1n) is 6.60. The summed E-state index contributed by atoms with van der Waals surface area (Å²) >= 11 is 0. The molecule has 1 aromatic heterocycles. The number of nitrogens with two attached hydrogens (primary N) is 1. The fraction of sp³-hybridized carbons (Fsp3) is 0.400. The molecule has 102 valence electrons. The zero-order chi connectivity index (χ0) is 13.8. The van der Waals surface area contributed by atoms with Crippen molar-refractivity contribution in [2.45, 2.75) is 26.8 Å². The fourth-order valence-electron chi connectivity index (χ4n) is 2.18. The van der Waals surface area contributed by atoms with Crippen molar-refractivity contribution in [1.29, 1.82) is 0 Å². The molecule has 4 nitrogen and oxygen atoms in total. The van der Waals surface area contributed by atoms with Crippen molar-refractivity contribution < 1.29 is 4.74 Å². The van der Waals surface area contributed by atoms with Gasteiger partial charge in [0.1, 0.15) is 11.6 Å². The van der Waals surface area contributed by atoms with Crippen LogP contribution in [0, 0.1) is 6.92 Å². The maximum atomic E-state index is 5.61. The highest BCUT2D eigenvalue weighted by atomic mass is 16.5. The van der Waals surface area contributed by atoms with Crippen molar-refractivity contribution in [3.63, 3.8) is 0 Å². The Hall–Kier alpha value is -1.81. The summed E-state index contributed by atoms with van der Waals surface area (Å²) in [6.07, 6.45) is 3.04. The van der Waals surface area contributed by atoms with Crippen LogP contribution in [-0.4, -0.2) is 23.2 Å². The number of methoxy groups -OCH3 is 1. The third kappa shape index (κ3) is 2.79. The largest absolute Gasteiger partial charge is 0.496 e. The minimum Gasteiger partial charge on any atom is -0.496 e. The Balaban J connectivity index is 2.47. The van der Waals surface area contributed by atoms with Crippen LogP contribution in [0.4, 0.5) is 0 Å². The summed E-state index contributed by atoms with van der Waals surface area (Å²) in [5, 5.41) is 0. The molecule has 2 aromatic rings. The molecule has 0 unspecified atom stereocenters. The van der Waals surface area contributed by atoms with Crippen LogP contribution >= 0.6 is 0 Å². The first kappa shape index (κ1) is 13.6. The zero-order valence-corrected chi connectivity index (χ0v) is 11.8. The number of aryl methyl sites for hydroxylation is 2. The van der Waals surface area contributed by atoms with Gasteiger partial charge in [-0.1, -0.05) is 13.0 Å². The van der Waals surface area contributed by atoms with Crippen LogP contribution in [0.15, 0.2) is 24.4 Å². The highest BCUT2D eigenvalue weighted by molar-refractivity contribution is 5.68. The van der Waals surface area contributed by atoms with Crippen LogP contribution in [0.25, 0.3) is 11.3 Å². The minimum atomic E-state index is 0.614. The molecule has 0 saturated heterocycles. The van der Waals surface area contributed by atoms with Gasteiger partial charge in [0.25, 0.3) is 0 Å². The van der Waals surface area contributed by atoms with Crippen molar-refractivity contribution in [3.8, 4) is 17.0 Å². The van der Waals surface area contributed by atoms with Gasteiger partial charge >= 0.3 is 0 Å². The number of hydrogen-bond donors (Lipinski definition) is 1. The summed E-state index contributed by atoms with van der Waals surface area (Å²) in [7, 11) is 1.69. The van der Waals surface area contributed by atoms with E-state index in [1.54, 1.807) is 7.11 Å². The van der Waals surface area contributed by atoms with Crippen molar-refractivity contribution in [2.75, 3.05) is 13.7 Å². The second-order valence-corrected chi connectivity index (χ2v) is 4.54. The number of rotatable bonds is 5. The minimum absolute atomic E-state index is 0.614. The lowest BCUT2D eigenvalue weighted by molar-refractivity contribution is 0.416. The van der Waals surface area contributed by atoms with Crippen LogP contribution in [0.3, 0.4) is 0 Å². The molecule has 0 radical (unpaired) electrons. The number of nitrogens with zero attached hydrogens (tertiary/aromatic N) is 2. The van der Waals surface area contributed by atoms with Gasteiger partial charge in [-0.25, -0.2) is 4.98 Å². The second kappa shape index (κ2) is 5.89. The van der Waals surface area contributed by atoms with Crippen molar-refractivity contribution in [2.24, 2.45) is 5.73 Å². The number of aromatic nitrogens is 2. The van der Waals surface area contributed by atoms with Gasteiger partial charge in [-0.15, -0.1) is 0 Å². The molecule has 0 atom stereocenters. The van der Waals surface area contributed by atoms with Crippen LogP contribution in [0.2, 0.25) is 0 Å². The van der Waals surface area contributed by atoms with E-state index < -0.39 is 0 Å². The maximum absolute atomic E-state index is 5.61. The van der Waals surface area contributed by atoms with Gasteiger partial charge < -0.3 is 15.0 Å². The first-order valence-corrected chi connectivity index (χ1v) is 6.60. The molecular formula is C15H21N3O. The second-order valence-electron chi connectivity index (χ2n) is 4.54. The Morgan fingerprint density at radius 2 is 2.16 bits per heavy atom. The summed E-state index contributed by atoms with van der Waals surface area (Å²) in [4.78, 5) is 4.61. The highest BCUT2D eigenvalue weighted by Crippen LogP contribution is 2.30. The highest BCUT2D eigenvalue weighted by Gasteiger charge is 2.11. The van der Waals surface area contributed by atoms with E-state index in [-0.39, 0.29) is 0 Å². The van der Waals surface area contributed by atoms with Gasteiger partial charge in [-0.05, 0) is 31.0 Å². The van der Waals surface area contributed by atoms with Crippen molar-refractivity contribution in [3.05, 3.63) is 35.8 Å². The van der Waals surface area contributed by atoms with E-state index in [0.29, 0.717) is 6.54 Å². The Bertz CT molecular complexity index is 561. The summed E-state index contributed by atoms with van der Waals surface area (Å²) in [5.41, 5.74) is 8.87. The van der Waals surface area contributed by atoms with E-state index in [1.165, 1.54) is 5.56 Å². The average Bonchev–Trinajstić information content (AvgIpc) is 2.80. The van der Waals surface area contributed by atoms with Gasteiger partial charge in [0.15, 0.2) is 0 Å². The fourth-order valence-corrected chi connectivity index (χ4v) is 2.18. The van der Waals surface area contributed by atoms with Gasteiger partial charge in [-0.3, -0.25) is 0 Å². The molecule has 1 heterocycles. The van der Waals surface area contributed by atoms with E-state index in [2.05, 4.69) is 28.6 Å². The summed E-state index contributed by atoms with van der Waals surface area (Å²) in [6, 6.07) is 6.24. The molecule has 0 aliphatic heterocycles. The lowest BCUT2D eigenvalue weighted by atomic mass is 10.1. The molecule has 0 spiro atoms. The molecule has 4 heteroatoms. The van der Waals surface area contributed by atoms with E-state index in [0.717, 1.165) is 35.8 Å². The molecule has 0 amide bonds. The maximum Gasteiger partial charge on any atom is 0.128 e. The molecule has 0 fully saturated rings. The van der Waals surface area contributed by atoms with E-state index >= 15 is 0 Å². The van der Waals surface area contributed by atoms with E-state index in [9.17, 15) is 0 Å². The molecule has 0 aliphatic carbocycles. The topological polar surface area (TPSA) is 53.1 Å². The lowest BCUT2D eigenvalue weighted by Gasteiger charge is -2.08. The predicted octanol–water partition coefficient (Wildman–Crippen LogP) is 2.39. The molecule has 1 aromatic carbocycles. The Morgan fingerprint density at radius 1 is 1.37 bits per heavy atom. The normalized spacial score (nSPS) is 10.7. The number of benzene rings is 1. The molecule has 0 saturated carbocycles. The predicted molar refractivity (Wildman–Crippen MR) is 77.4 cm³/mol. The molecule has 0 aliphatic rings. The standard InChI is InChI=1S/C15H21N3O/c1-4-12-5-6-15(19-3)13(9-12)14-10-18(8-7-16)11(2)17-14/h5-6,9-10H,4,7-8,16H2,1-3H3. The Morgan fingerprint density at radius 3 is 2.79 bits per heavy atom. The number of hydrogen-bond acceptors (Lipinski definition) is 3. The third-order valence-corrected chi connectivity index (χ3v) is 3.29. The smallest absolute Gasteiger partial charge is 0.128 e. The van der Waals surface area contributed by atoms with Crippen molar-refractivity contribution >= 4 is 0 Å². The third-order valence-electron chi connectivity index (χ3n) is 3.29. The van der Waals surface area contributed by atoms with Crippen LogP contribution in [-0.2, 0) is 13.0 Å². The lowest BCUT2D eigenvalue weighted by Crippen LogP contribution is -2.10.